The lowest BCUT2D eigenvalue weighted by Crippen LogP contribution is -2.39. The molecule has 0 bridgehead atoms. The minimum absolute atomic E-state index is 0.102. The Morgan fingerprint density at radius 3 is 2.55 bits per heavy atom. The summed E-state index contributed by atoms with van der Waals surface area (Å²) in [4.78, 5) is 27.4. The molecular formula is C15H21BN4O2. The molecule has 1 aromatic rings. The fourth-order valence-electron chi connectivity index (χ4n) is 1.70. The van der Waals surface area contributed by atoms with Crippen LogP contribution in [-0.4, -0.2) is 36.6 Å². The SMILES string of the molecule is [B]C(=C)/N=C(\C)NC(=O)CNC(=O)c1ccn(C(C)(C)C)c1. The first kappa shape index (κ1) is 17.7. The number of nitrogens with zero attached hydrogens (tertiary/aromatic N) is 2. The van der Waals surface area contributed by atoms with Crippen LogP contribution in [0.1, 0.15) is 38.1 Å². The van der Waals surface area contributed by atoms with Gasteiger partial charge in [-0.25, -0.2) is 0 Å². The molecule has 2 amide bonds. The summed E-state index contributed by atoms with van der Waals surface area (Å²) in [6.45, 7) is 11.0. The third-order valence-corrected chi connectivity index (χ3v) is 2.77. The summed E-state index contributed by atoms with van der Waals surface area (Å²) in [5.41, 5.74) is 0.502. The number of aliphatic imine (C=N–C) groups is 1. The quantitative estimate of drug-likeness (QED) is 0.497. The summed E-state index contributed by atoms with van der Waals surface area (Å²) >= 11 is 0. The van der Waals surface area contributed by atoms with Gasteiger partial charge in [-0.1, -0.05) is 6.58 Å². The molecule has 0 spiro atoms. The van der Waals surface area contributed by atoms with Crippen molar-refractivity contribution in [2.75, 3.05) is 6.54 Å². The molecule has 0 aliphatic carbocycles. The van der Waals surface area contributed by atoms with E-state index in [-0.39, 0.29) is 29.5 Å². The maximum atomic E-state index is 12.0. The Labute approximate surface area is 132 Å². The molecular weight excluding hydrogens is 279 g/mol. The minimum Gasteiger partial charge on any atom is -0.348 e. The Kier molecular flexibility index (Phi) is 5.73. The summed E-state index contributed by atoms with van der Waals surface area (Å²) in [7, 11) is 5.30. The highest BCUT2D eigenvalue weighted by Gasteiger charge is 2.15. The highest BCUT2D eigenvalue weighted by molar-refractivity contribution is 6.22. The van der Waals surface area contributed by atoms with E-state index in [1.54, 1.807) is 19.2 Å². The molecule has 0 aliphatic rings. The number of hydrogen-bond donors (Lipinski definition) is 2. The van der Waals surface area contributed by atoms with Crippen LogP contribution >= 0.6 is 0 Å². The molecule has 0 unspecified atom stereocenters. The lowest BCUT2D eigenvalue weighted by Gasteiger charge is -2.20. The van der Waals surface area contributed by atoms with E-state index >= 15 is 0 Å². The van der Waals surface area contributed by atoms with Crippen molar-refractivity contribution in [1.82, 2.24) is 15.2 Å². The summed E-state index contributed by atoms with van der Waals surface area (Å²) in [6.07, 6.45) is 3.58. The predicted octanol–water partition coefficient (Wildman–Crippen LogP) is 1.15. The lowest BCUT2D eigenvalue weighted by molar-refractivity contribution is -0.118. The molecule has 7 heteroatoms. The number of aromatic nitrogens is 1. The Bertz CT molecular complexity index is 611. The molecule has 116 valence electrons. The monoisotopic (exact) mass is 300 g/mol. The van der Waals surface area contributed by atoms with Crippen molar-refractivity contribution >= 4 is 25.5 Å². The zero-order valence-electron chi connectivity index (χ0n) is 13.4. The molecule has 1 rings (SSSR count). The maximum Gasteiger partial charge on any atom is 0.253 e. The van der Waals surface area contributed by atoms with Crippen LogP contribution in [0, 0.1) is 0 Å². The van der Waals surface area contributed by atoms with Gasteiger partial charge in [-0.15, -0.1) is 0 Å². The van der Waals surface area contributed by atoms with E-state index in [1.807, 2.05) is 31.5 Å². The normalized spacial score (nSPS) is 11.9. The second kappa shape index (κ2) is 7.11. The van der Waals surface area contributed by atoms with Gasteiger partial charge in [-0.3, -0.25) is 14.6 Å². The standard InChI is InChI=1S/C15H21BN4O2/c1-10(16)18-11(2)19-13(21)8-17-14(22)12-6-7-20(9-12)15(3,4)5/h6-7,9H,1,8H2,2-5H3,(H,17,22)(H,18,19,21). The topological polar surface area (TPSA) is 75.5 Å². The van der Waals surface area contributed by atoms with Gasteiger partial charge in [0.15, 0.2) is 0 Å². The fraction of sp³-hybridized carbons (Fsp3) is 0.400. The van der Waals surface area contributed by atoms with Gasteiger partial charge in [0.1, 0.15) is 13.7 Å². The Morgan fingerprint density at radius 1 is 1.41 bits per heavy atom. The molecule has 0 saturated carbocycles. The van der Waals surface area contributed by atoms with Crippen molar-refractivity contribution in [2.45, 2.75) is 33.2 Å². The molecule has 0 aromatic carbocycles. The van der Waals surface area contributed by atoms with E-state index in [4.69, 9.17) is 7.85 Å². The van der Waals surface area contributed by atoms with Crippen LogP contribution in [0.15, 0.2) is 35.6 Å². The zero-order chi connectivity index (χ0) is 16.9. The lowest BCUT2D eigenvalue weighted by atomic mass is 10.1. The molecule has 22 heavy (non-hydrogen) atoms. The molecule has 2 N–H and O–H groups in total. The number of nitrogens with one attached hydrogen (secondary N) is 2. The number of hydrogen-bond acceptors (Lipinski definition) is 3. The van der Waals surface area contributed by atoms with E-state index in [0.717, 1.165) is 0 Å². The molecule has 0 fully saturated rings. The van der Waals surface area contributed by atoms with Crippen LogP contribution in [0.2, 0.25) is 0 Å². The van der Waals surface area contributed by atoms with Crippen LogP contribution < -0.4 is 10.6 Å². The molecule has 0 atom stereocenters. The van der Waals surface area contributed by atoms with Gasteiger partial charge in [-0.05, 0) is 39.4 Å². The first-order chi connectivity index (χ1) is 10.1. The number of amides is 2. The van der Waals surface area contributed by atoms with Crippen molar-refractivity contribution in [3.63, 3.8) is 0 Å². The van der Waals surface area contributed by atoms with Crippen LogP contribution in [0.5, 0.6) is 0 Å². The van der Waals surface area contributed by atoms with Crippen LogP contribution in [-0.2, 0) is 10.3 Å². The predicted molar refractivity (Wildman–Crippen MR) is 87.9 cm³/mol. The molecule has 1 aromatic heterocycles. The summed E-state index contributed by atoms with van der Waals surface area (Å²) < 4.78 is 1.94. The molecule has 6 nitrogen and oxygen atoms in total. The second-order valence-electron chi connectivity index (χ2n) is 5.90. The van der Waals surface area contributed by atoms with Crippen LogP contribution in [0.3, 0.4) is 0 Å². The fourth-order valence-corrected chi connectivity index (χ4v) is 1.70. The largest absolute Gasteiger partial charge is 0.348 e. The smallest absolute Gasteiger partial charge is 0.253 e. The van der Waals surface area contributed by atoms with Gasteiger partial charge in [-0.2, -0.15) is 0 Å². The number of carbonyl (C=O) groups is 2. The van der Waals surface area contributed by atoms with Crippen molar-refractivity contribution in [2.24, 2.45) is 4.99 Å². The Morgan fingerprint density at radius 2 is 2.05 bits per heavy atom. The van der Waals surface area contributed by atoms with Crippen LogP contribution in [0.4, 0.5) is 0 Å². The van der Waals surface area contributed by atoms with Crippen molar-refractivity contribution in [3.8, 4) is 0 Å². The third-order valence-electron chi connectivity index (χ3n) is 2.77. The van der Waals surface area contributed by atoms with Gasteiger partial charge in [0.25, 0.3) is 5.91 Å². The zero-order valence-corrected chi connectivity index (χ0v) is 13.4. The molecule has 2 radical (unpaired) electrons. The van der Waals surface area contributed by atoms with E-state index in [1.165, 1.54) is 0 Å². The highest BCUT2D eigenvalue weighted by Crippen LogP contribution is 2.15. The van der Waals surface area contributed by atoms with Gasteiger partial charge in [0, 0.05) is 17.9 Å². The number of carbonyl (C=O) groups excluding carboxylic acids is 2. The minimum atomic E-state index is -0.383. The van der Waals surface area contributed by atoms with Crippen LogP contribution in [0.25, 0.3) is 0 Å². The maximum absolute atomic E-state index is 12.0. The van der Waals surface area contributed by atoms with E-state index < -0.39 is 0 Å². The summed E-state index contributed by atoms with van der Waals surface area (Å²) in [5.74, 6) is -0.368. The van der Waals surface area contributed by atoms with Crippen molar-refractivity contribution in [1.29, 1.82) is 0 Å². The van der Waals surface area contributed by atoms with E-state index in [2.05, 4.69) is 22.2 Å². The average molecular weight is 300 g/mol. The first-order valence-electron chi connectivity index (χ1n) is 6.86. The van der Waals surface area contributed by atoms with Crippen molar-refractivity contribution < 1.29 is 9.59 Å². The molecule has 1 heterocycles. The summed E-state index contributed by atoms with van der Waals surface area (Å²) in [5, 5.41) is 5.05. The van der Waals surface area contributed by atoms with E-state index in [0.29, 0.717) is 11.4 Å². The summed E-state index contributed by atoms with van der Waals surface area (Å²) in [6, 6.07) is 1.71. The Hall–Kier alpha value is -2.31. The number of rotatable bonds is 4. The molecule has 0 saturated heterocycles. The first-order valence-corrected chi connectivity index (χ1v) is 6.86. The molecule has 0 aliphatic heterocycles. The van der Waals surface area contributed by atoms with Gasteiger partial charge < -0.3 is 15.2 Å². The average Bonchev–Trinajstić information content (AvgIpc) is 2.84. The van der Waals surface area contributed by atoms with Gasteiger partial charge in [0.2, 0.25) is 5.91 Å². The van der Waals surface area contributed by atoms with Gasteiger partial charge in [0.05, 0.1) is 12.1 Å². The second-order valence-corrected chi connectivity index (χ2v) is 5.90. The third kappa shape index (κ3) is 5.59. The highest BCUT2D eigenvalue weighted by atomic mass is 16.2. The number of amidine groups is 1. The van der Waals surface area contributed by atoms with Crippen molar-refractivity contribution in [3.05, 3.63) is 36.2 Å². The van der Waals surface area contributed by atoms with E-state index in [9.17, 15) is 9.59 Å². The Balaban J connectivity index is 2.54. The van der Waals surface area contributed by atoms with Gasteiger partial charge >= 0.3 is 0 Å².